The van der Waals surface area contributed by atoms with Crippen molar-refractivity contribution in [3.63, 3.8) is 0 Å². The topological polar surface area (TPSA) is 35.5 Å². The second-order valence-corrected chi connectivity index (χ2v) is 6.67. The van der Waals surface area contributed by atoms with Gasteiger partial charge in [0.15, 0.2) is 0 Å². The third kappa shape index (κ3) is 3.35. The molecule has 0 amide bonds. The van der Waals surface area contributed by atoms with Crippen molar-refractivity contribution in [2.45, 2.75) is 13.5 Å². The van der Waals surface area contributed by atoms with Crippen LogP contribution in [0.15, 0.2) is 91.0 Å². The molecule has 0 radical (unpaired) electrons. The van der Waals surface area contributed by atoms with Gasteiger partial charge >= 0.3 is 5.97 Å². The molecule has 4 aromatic carbocycles. The van der Waals surface area contributed by atoms with E-state index in [4.69, 9.17) is 9.47 Å². The quantitative estimate of drug-likeness (QED) is 0.232. The average molecular weight is 368 g/mol. The summed E-state index contributed by atoms with van der Waals surface area (Å²) >= 11 is 0. The highest BCUT2D eigenvalue weighted by Crippen LogP contribution is 2.40. The summed E-state index contributed by atoms with van der Waals surface area (Å²) in [7, 11) is 0. The molecular weight excluding hydrogens is 348 g/mol. The molecule has 138 valence electrons. The van der Waals surface area contributed by atoms with E-state index in [1.54, 1.807) is 6.92 Å². The number of hydrogen-bond donors (Lipinski definition) is 0. The monoisotopic (exact) mass is 368 g/mol. The van der Waals surface area contributed by atoms with Crippen molar-refractivity contribution in [1.82, 2.24) is 0 Å². The molecule has 0 spiro atoms. The molecule has 0 unspecified atom stereocenters. The SMILES string of the molecule is C=C(C)C(=O)OCc1c2ccccc2c(Oc2ccccc2)c2ccccc12. The summed E-state index contributed by atoms with van der Waals surface area (Å²) in [6, 6.07) is 25.8. The van der Waals surface area contributed by atoms with Crippen LogP contribution in [0.3, 0.4) is 0 Å². The molecule has 0 atom stereocenters. The Morgan fingerprint density at radius 1 is 0.786 bits per heavy atom. The first-order chi connectivity index (χ1) is 13.6. The third-order valence-corrected chi connectivity index (χ3v) is 4.65. The lowest BCUT2D eigenvalue weighted by molar-refractivity contribution is -0.140. The summed E-state index contributed by atoms with van der Waals surface area (Å²) < 4.78 is 11.8. The zero-order chi connectivity index (χ0) is 19.5. The Bertz CT molecular complexity index is 1120. The van der Waals surface area contributed by atoms with Crippen molar-refractivity contribution in [3.8, 4) is 11.5 Å². The lowest BCUT2D eigenvalue weighted by Crippen LogP contribution is -2.06. The van der Waals surface area contributed by atoms with Gasteiger partial charge in [0.2, 0.25) is 0 Å². The Kier molecular flexibility index (Phi) is 4.81. The number of rotatable bonds is 5. The van der Waals surface area contributed by atoms with Gasteiger partial charge in [0, 0.05) is 21.9 Å². The second kappa shape index (κ2) is 7.57. The maximum atomic E-state index is 11.9. The first-order valence-corrected chi connectivity index (χ1v) is 9.13. The van der Waals surface area contributed by atoms with Crippen molar-refractivity contribution in [3.05, 3.63) is 96.6 Å². The van der Waals surface area contributed by atoms with E-state index in [0.717, 1.165) is 38.6 Å². The predicted molar refractivity (Wildman–Crippen MR) is 113 cm³/mol. The van der Waals surface area contributed by atoms with E-state index in [1.807, 2.05) is 78.9 Å². The number of para-hydroxylation sites is 1. The van der Waals surface area contributed by atoms with Gasteiger partial charge in [0.05, 0.1) is 0 Å². The molecule has 0 aliphatic rings. The minimum atomic E-state index is -0.391. The zero-order valence-electron chi connectivity index (χ0n) is 15.6. The van der Waals surface area contributed by atoms with Crippen molar-refractivity contribution in [2.24, 2.45) is 0 Å². The Balaban J connectivity index is 1.92. The Morgan fingerprint density at radius 3 is 1.82 bits per heavy atom. The first-order valence-electron chi connectivity index (χ1n) is 9.13. The van der Waals surface area contributed by atoms with Gasteiger partial charge < -0.3 is 9.47 Å². The van der Waals surface area contributed by atoms with Crippen LogP contribution < -0.4 is 4.74 Å². The molecule has 4 rings (SSSR count). The van der Waals surface area contributed by atoms with Crippen LogP contribution in [-0.2, 0) is 16.1 Å². The lowest BCUT2D eigenvalue weighted by atomic mass is 9.96. The Labute approximate surface area is 163 Å². The summed E-state index contributed by atoms with van der Waals surface area (Å²) in [4.78, 5) is 11.9. The van der Waals surface area contributed by atoms with Gasteiger partial charge in [-0.25, -0.2) is 4.79 Å². The molecule has 3 heteroatoms. The lowest BCUT2D eigenvalue weighted by Gasteiger charge is -2.17. The van der Waals surface area contributed by atoms with Crippen LogP contribution in [0.25, 0.3) is 21.5 Å². The van der Waals surface area contributed by atoms with Crippen LogP contribution in [0, 0.1) is 0 Å². The normalized spacial score (nSPS) is 10.8. The molecule has 0 heterocycles. The molecule has 3 nitrogen and oxygen atoms in total. The summed E-state index contributed by atoms with van der Waals surface area (Å²) in [5, 5.41) is 3.96. The van der Waals surface area contributed by atoms with Gasteiger partial charge in [-0.05, 0) is 29.8 Å². The zero-order valence-corrected chi connectivity index (χ0v) is 15.6. The minimum absolute atomic E-state index is 0.179. The van der Waals surface area contributed by atoms with Gasteiger partial charge in [-0.3, -0.25) is 0 Å². The largest absolute Gasteiger partial charge is 0.457 e. The van der Waals surface area contributed by atoms with Crippen LogP contribution in [0.2, 0.25) is 0 Å². The van der Waals surface area contributed by atoms with E-state index in [0.29, 0.717) is 5.57 Å². The molecule has 28 heavy (non-hydrogen) atoms. The van der Waals surface area contributed by atoms with Crippen molar-refractivity contribution >= 4 is 27.5 Å². The van der Waals surface area contributed by atoms with Crippen LogP contribution in [-0.4, -0.2) is 5.97 Å². The fraction of sp³-hybridized carbons (Fsp3) is 0.0800. The molecule has 0 saturated carbocycles. The first kappa shape index (κ1) is 17.8. The van der Waals surface area contributed by atoms with E-state index < -0.39 is 5.97 Å². The van der Waals surface area contributed by atoms with Gasteiger partial charge in [-0.1, -0.05) is 73.3 Å². The number of carbonyl (C=O) groups excluding carboxylic acids is 1. The predicted octanol–water partition coefficient (Wildman–Crippen LogP) is 6.40. The van der Waals surface area contributed by atoms with Crippen molar-refractivity contribution < 1.29 is 14.3 Å². The molecule has 0 aromatic heterocycles. The van der Waals surface area contributed by atoms with Crippen LogP contribution in [0.5, 0.6) is 11.5 Å². The van der Waals surface area contributed by atoms with Gasteiger partial charge in [0.1, 0.15) is 18.1 Å². The average Bonchev–Trinajstić information content (AvgIpc) is 2.73. The summed E-state index contributed by atoms with van der Waals surface area (Å²) in [6.45, 7) is 5.49. The van der Waals surface area contributed by atoms with Crippen molar-refractivity contribution in [2.75, 3.05) is 0 Å². The fourth-order valence-corrected chi connectivity index (χ4v) is 3.31. The molecule has 0 saturated heterocycles. The van der Waals surface area contributed by atoms with Gasteiger partial charge in [-0.2, -0.15) is 0 Å². The highest BCUT2D eigenvalue weighted by molar-refractivity contribution is 6.08. The minimum Gasteiger partial charge on any atom is -0.457 e. The number of hydrogen-bond acceptors (Lipinski definition) is 3. The van der Waals surface area contributed by atoms with Crippen LogP contribution in [0.1, 0.15) is 12.5 Å². The molecule has 0 fully saturated rings. The van der Waals surface area contributed by atoms with E-state index in [9.17, 15) is 4.79 Å². The molecule has 0 aliphatic heterocycles. The van der Waals surface area contributed by atoms with E-state index in [-0.39, 0.29) is 6.61 Å². The standard InChI is InChI=1S/C25H20O3/c1-17(2)25(26)27-16-23-19-12-6-8-14-21(19)24(22-15-9-7-13-20(22)23)28-18-10-4-3-5-11-18/h3-15H,1,16H2,2H3. The van der Waals surface area contributed by atoms with Crippen LogP contribution >= 0.6 is 0 Å². The molecule has 0 bridgehead atoms. The highest BCUT2D eigenvalue weighted by Gasteiger charge is 2.16. The number of carbonyl (C=O) groups is 1. The maximum Gasteiger partial charge on any atom is 0.333 e. The Morgan fingerprint density at radius 2 is 1.29 bits per heavy atom. The van der Waals surface area contributed by atoms with E-state index in [1.165, 1.54) is 0 Å². The fourth-order valence-electron chi connectivity index (χ4n) is 3.31. The number of esters is 1. The highest BCUT2D eigenvalue weighted by atomic mass is 16.5. The van der Waals surface area contributed by atoms with Gasteiger partial charge in [0.25, 0.3) is 0 Å². The number of benzene rings is 4. The number of ether oxygens (including phenoxy) is 2. The summed E-state index contributed by atoms with van der Waals surface area (Å²) in [5.41, 5.74) is 1.35. The second-order valence-electron chi connectivity index (χ2n) is 6.67. The van der Waals surface area contributed by atoms with Crippen molar-refractivity contribution in [1.29, 1.82) is 0 Å². The number of fused-ring (bicyclic) bond motifs is 2. The Hall–Kier alpha value is -3.59. The summed E-state index contributed by atoms with van der Waals surface area (Å²) in [6.07, 6.45) is 0. The van der Waals surface area contributed by atoms with E-state index in [2.05, 4.69) is 6.58 Å². The molecular formula is C25H20O3. The van der Waals surface area contributed by atoms with Crippen LogP contribution in [0.4, 0.5) is 0 Å². The van der Waals surface area contributed by atoms with Gasteiger partial charge in [-0.15, -0.1) is 0 Å². The van der Waals surface area contributed by atoms with E-state index >= 15 is 0 Å². The third-order valence-electron chi connectivity index (χ3n) is 4.65. The maximum absolute atomic E-state index is 11.9. The molecule has 0 aliphatic carbocycles. The molecule has 4 aromatic rings. The smallest absolute Gasteiger partial charge is 0.333 e. The molecule has 0 N–H and O–H groups in total. The summed E-state index contributed by atoms with van der Waals surface area (Å²) in [5.74, 6) is 1.18.